The van der Waals surface area contributed by atoms with E-state index in [1.165, 1.54) is 19.2 Å². The fourth-order valence-electron chi connectivity index (χ4n) is 1.69. The van der Waals surface area contributed by atoms with Gasteiger partial charge in [0.1, 0.15) is 13.4 Å². The SMILES string of the molecule is COc1cc(C(=O)O)ccc1OCCOCOCC[Si](C)(C)C. The zero-order chi connectivity index (χ0) is 17.3. The Balaban J connectivity index is 2.24. The first-order valence-corrected chi connectivity index (χ1v) is 11.2. The molecule has 1 aromatic rings. The van der Waals surface area contributed by atoms with Crippen LogP contribution in [0.3, 0.4) is 0 Å². The molecule has 0 saturated heterocycles. The van der Waals surface area contributed by atoms with Crippen LogP contribution in [0.4, 0.5) is 0 Å². The number of rotatable bonds is 11. The number of carbonyl (C=O) groups is 1. The smallest absolute Gasteiger partial charge is 0.335 e. The molecule has 0 unspecified atom stereocenters. The third kappa shape index (κ3) is 8.01. The molecule has 1 aromatic carbocycles. The molecule has 0 spiro atoms. The van der Waals surface area contributed by atoms with Crippen LogP contribution in [0.2, 0.25) is 25.7 Å². The summed E-state index contributed by atoms with van der Waals surface area (Å²) in [6, 6.07) is 5.59. The topological polar surface area (TPSA) is 74.2 Å². The second kappa shape index (κ2) is 9.54. The molecule has 0 aliphatic rings. The van der Waals surface area contributed by atoms with Crippen molar-refractivity contribution in [3.8, 4) is 11.5 Å². The lowest BCUT2D eigenvalue weighted by atomic mass is 10.2. The maximum atomic E-state index is 10.9. The number of hydrogen-bond donors (Lipinski definition) is 1. The maximum Gasteiger partial charge on any atom is 0.335 e. The average Bonchev–Trinajstić information content (AvgIpc) is 2.48. The summed E-state index contributed by atoms with van der Waals surface area (Å²) in [4.78, 5) is 10.9. The van der Waals surface area contributed by atoms with Crippen LogP contribution in [-0.2, 0) is 9.47 Å². The summed E-state index contributed by atoms with van der Waals surface area (Å²) >= 11 is 0. The van der Waals surface area contributed by atoms with Gasteiger partial charge in [0.2, 0.25) is 0 Å². The molecule has 0 radical (unpaired) electrons. The Labute approximate surface area is 138 Å². The molecule has 0 fully saturated rings. The first-order chi connectivity index (χ1) is 10.8. The van der Waals surface area contributed by atoms with Crippen molar-refractivity contribution >= 4 is 14.0 Å². The van der Waals surface area contributed by atoms with E-state index in [1.54, 1.807) is 6.07 Å². The first-order valence-electron chi connectivity index (χ1n) is 7.53. The number of carboxylic acids is 1. The highest BCUT2D eigenvalue weighted by Crippen LogP contribution is 2.27. The van der Waals surface area contributed by atoms with Crippen molar-refractivity contribution in [1.82, 2.24) is 0 Å². The fourth-order valence-corrected chi connectivity index (χ4v) is 2.44. The van der Waals surface area contributed by atoms with Crippen molar-refractivity contribution < 1.29 is 28.8 Å². The molecule has 0 atom stereocenters. The van der Waals surface area contributed by atoms with Crippen molar-refractivity contribution in [2.24, 2.45) is 0 Å². The first kappa shape index (κ1) is 19.5. The highest BCUT2D eigenvalue weighted by Gasteiger charge is 2.12. The summed E-state index contributed by atoms with van der Waals surface area (Å²) < 4.78 is 21.4. The Morgan fingerprint density at radius 3 is 2.39 bits per heavy atom. The lowest BCUT2D eigenvalue weighted by Gasteiger charge is -2.15. The van der Waals surface area contributed by atoms with Crippen molar-refractivity contribution in [2.75, 3.05) is 33.7 Å². The molecule has 1 rings (SSSR count). The van der Waals surface area contributed by atoms with Gasteiger partial charge in [-0.3, -0.25) is 0 Å². The predicted octanol–water partition coefficient (Wildman–Crippen LogP) is 3.10. The quantitative estimate of drug-likeness (QED) is 0.378. The zero-order valence-corrected chi connectivity index (χ0v) is 15.3. The van der Waals surface area contributed by atoms with Crippen LogP contribution in [0.1, 0.15) is 10.4 Å². The lowest BCUT2D eigenvalue weighted by molar-refractivity contribution is -0.0563. The summed E-state index contributed by atoms with van der Waals surface area (Å²) in [5.41, 5.74) is 0.154. The predicted molar refractivity (Wildman–Crippen MR) is 90.4 cm³/mol. The number of methoxy groups -OCH3 is 1. The van der Waals surface area contributed by atoms with Crippen LogP contribution < -0.4 is 9.47 Å². The molecule has 0 saturated carbocycles. The van der Waals surface area contributed by atoms with Crippen molar-refractivity contribution in [2.45, 2.75) is 25.7 Å². The van der Waals surface area contributed by atoms with Gasteiger partial charge in [-0.25, -0.2) is 4.79 Å². The van der Waals surface area contributed by atoms with Gasteiger partial charge in [-0.1, -0.05) is 19.6 Å². The van der Waals surface area contributed by atoms with Gasteiger partial charge in [0.15, 0.2) is 11.5 Å². The van der Waals surface area contributed by atoms with E-state index in [1.807, 2.05) is 0 Å². The Bertz CT molecular complexity index is 498. The van der Waals surface area contributed by atoms with Crippen molar-refractivity contribution in [3.05, 3.63) is 23.8 Å². The highest BCUT2D eigenvalue weighted by molar-refractivity contribution is 6.76. The van der Waals surface area contributed by atoms with E-state index in [0.29, 0.717) is 24.7 Å². The summed E-state index contributed by atoms with van der Waals surface area (Å²) in [7, 11) is 0.408. The number of carboxylic acid groups (broad SMARTS) is 1. The van der Waals surface area contributed by atoms with Crippen LogP contribution in [-0.4, -0.2) is 52.9 Å². The Hall–Kier alpha value is -1.57. The summed E-state index contributed by atoms with van der Waals surface area (Å²) in [6.07, 6.45) is 0. The molecule has 0 heterocycles. The third-order valence-electron chi connectivity index (χ3n) is 3.06. The number of hydrogen-bond acceptors (Lipinski definition) is 5. The largest absolute Gasteiger partial charge is 0.493 e. The van der Waals surface area contributed by atoms with E-state index >= 15 is 0 Å². The summed E-state index contributed by atoms with van der Waals surface area (Å²) in [5.74, 6) is -0.134. The highest BCUT2D eigenvalue weighted by atomic mass is 28.3. The summed E-state index contributed by atoms with van der Waals surface area (Å²) in [5, 5.41) is 8.93. The molecule has 0 aliphatic heterocycles. The van der Waals surface area contributed by atoms with Crippen molar-refractivity contribution in [3.63, 3.8) is 0 Å². The minimum Gasteiger partial charge on any atom is -0.493 e. The van der Waals surface area contributed by atoms with E-state index in [9.17, 15) is 4.79 Å². The van der Waals surface area contributed by atoms with Gasteiger partial charge in [-0.15, -0.1) is 0 Å². The van der Waals surface area contributed by atoms with Gasteiger partial charge >= 0.3 is 5.97 Å². The Morgan fingerprint density at radius 2 is 1.78 bits per heavy atom. The van der Waals surface area contributed by atoms with E-state index in [-0.39, 0.29) is 12.4 Å². The van der Waals surface area contributed by atoms with Gasteiger partial charge in [-0.05, 0) is 24.2 Å². The minimum atomic E-state index is -1.06. The van der Waals surface area contributed by atoms with Crippen LogP contribution in [0.25, 0.3) is 0 Å². The zero-order valence-electron chi connectivity index (χ0n) is 14.3. The minimum absolute atomic E-state index is 0.154. The molecule has 0 aromatic heterocycles. The molecule has 6 nitrogen and oxygen atoms in total. The van der Waals surface area contributed by atoms with E-state index in [0.717, 1.165) is 12.7 Å². The van der Waals surface area contributed by atoms with E-state index < -0.39 is 14.0 Å². The normalized spacial score (nSPS) is 11.3. The molecule has 7 heteroatoms. The molecular weight excluding hydrogens is 316 g/mol. The van der Waals surface area contributed by atoms with Gasteiger partial charge in [0.05, 0.1) is 19.3 Å². The van der Waals surface area contributed by atoms with Gasteiger partial charge in [-0.2, -0.15) is 0 Å². The van der Waals surface area contributed by atoms with E-state index in [2.05, 4.69) is 19.6 Å². The summed E-state index contributed by atoms with van der Waals surface area (Å²) in [6.45, 7) is 8.59. The number of benzene rings is 1. The Kier molecular flexibility index (Phi) is 8.08. The van der Waals surface area contributed by atoms with Gasteiger partial charge < -0.3 is 24.1 Å². The molecule has 0 amide bonds. The molecule has 0 bridgehead atoms. The maximum absolute atomic E-state index is 10.9. The van der Waals surface area contributed by atoms with Crippen LogP contribution in [0.5, 0.6) is 11.5 Å². The third-order valence-corrected chi connectivity index (χ3v) is 4.76. The standard InChI is InChI=1S/C16H26O6Si/c1-19-15-11-13(16(17)18)5-6-14(15)22-8-7-20-12-21-9-10-23(2,3)4/h5-6,11H,7-10,12H2,1-4H3,(H,17,18). The average molecular weight is 342 g/mol. The molecule has 130 valence electrons. The van der Waals surface area contributed by atoms with Gasteiger partial charge in [0, 0.05) is 14.7 Å². The molecule has 0 aliphatic carbocycles. The Morgan fingerprint density at radius 1 is 1.09 bits per heavy atom. The van der Waals surface area contributed by atoms with Crippen LogP contribution in [0, 0.1) is 0 Å². The number of aromatic carboxylic acids is 1. The van der Waals surface area contributed by atoms with Gasteiger partial charge in [0.25, 0.3) is 0 Å². The monoisotopic (exact) mass is 342 g/mol. The molecule has 1 N–H and O–H groups in total. The number of ether oxygens (including phenoxy) is 4. The van der Waals surface area contributed by atoms with E-state index in [4.69, 9.17) is 24.1 Å². The fraction of sp³-hybridized carbons (Fsp3) is 0.562. The second-order valence-electron chi connectivity index (χ2n) is 6.26. The van der Waals surface area contributed by atoms with Crippen molar-refractivity contribution in [1.29, 1.82) is 0 Å². The molecule has 23 heavy (non-hydrogen) atoms. The molecular formula is C16H26O6Si. The van der Waals surface area contributed by atoms with Crippen LogP contribution >= 0.6 is 0 Å². The van der Waals surface area contributed by atoms with Crippen LogP contribution in [0.15, 0.2) is 18.2 Å². The second-order valence-corrected chi connectivity index (χ2v) is 11.9. The lowest BCUT2D eigenvalue weighted by Crippen LogP contribution is -2.22.